The number of hydrogen-bond donors (Lipinski definition) is 0. The van der Waals surface area contributed by atoms with Gasteiger partial charge in [-0.25, -0.2) is 0 Å². The van der Waals surface area contributed by atoms with Gasteiger partial charge in [0.2, 0.25) is 0 Å². The zero-order valence-electron chi connectivity index (χ0n) is 23.0. The van der Waals surface area contributed by atoms with Gasteiger partial charge in [-0.3, -0.25) is 0 Å². The standard InChI is InChI=1S/C38H32S2/c1-3-10-28-30-15-7-8-16-31(30)29(11-4-2)34-24-26(18-19-32(28)34)35-20-22-37(39-35)38-23-21-36(40-38)33-17-9-13-25-12-5-6-14-27(25)33/h5-9,12-24H,3-4,10-11H2,1-2H3. The van der Waals surface area contributed by atoms with E-state index in [0.29, 0.717) is 0 Å². The summed E-state index contributed by atoms with van der Waals surface area (Å²) in [4.78, 5) is 5.34. The molecule has 0 aliphatic rings. The van der Waals surface area contributed by atoms with Gasteiger partial charge in [-0.05, 0) is 97.7 Å². The number of aryl methyl sites for hydroxylation is 2. The Balaban J connectivity index is 1.30. The highest BCUT2D eigenvalue weighted by Gasteiger charge is 2.15. The van der Waals surface area contributed by atoms with Crippen LogP contribution < -0.4 is 0 Å². The Morgan fingerprint density at radius 2 is 1.00 bits per heavy atom. The van der Waals surface area contributed by atoms with Gasteiger partial charge in [-0.15, -0.1) is 22.7 Å². The molecule has 2 aromatic heterocycles. The molecule has 7 rings (SSSR count). The second-order valence-electron chi connectivity index (χ2n) is 10.6. The fraction of sp³-hybridized carbons (Fsp3) is 0.158. The first-order valence-corrected chi connectivity index (χ1v) is 16.0. The predicted octanol–water partition coefficient (Wildman–Crippen LogP) is 12.2. The average Bonchev–Trinajstić information content (AvgIpc) is 3.69. The Labute approximate surface area is 244 Å². The fourth-order valence-electron chi connectivity index (χ4n) is 6.23. The molecule has 2 heterocycles. The molecule has 7 aromatic rings. The summed E-state index contributed by atoms with van der Waals surface area (Å²) in [7, 11) is 0. The van der Waals surface area contributed by atoms with Crippen LogP contribution in [-0.4, -0.2) is 0 Å². The lowest BCUT2D eigenvalue weighted by Gasteiger charge is -2.17. The highest BCUT2D eigenvalue weighted by molar-refractivity contribution is 7.25. The van der Waals surface area contributed by atoms with E-state index in [2.05, 4.69) is 123 Å². The molecule has 0 atom stereocenters. The maximum atomic E-state index is 2.47. The van der Waals surface area contributed by atoms with Gasteiger partial charge in [-0.1, -0.05) is 106 Å². The van der Waals surface area contributed by atoms with E-state index in [1.807, 2.05) is 22.7 Å². The smallest absolute Gasteiger partial charge is 0.0449 e. The maximum Gasteiger partial charge on any atom is 0.0449 e. The molecule has 0 spiro atoms. The summed E-state index contributed by atoms with van der Waals surface area (Å²) in [6, 6.07) is 40.7. The van der Waals surface area contributed by atoms with E-state index in [1.165, 1.54) is 74.1 Å². The van der Waals surface area contributed by atoms with E-state index < -0.39 is 0 Å². The van der Waals surface area contributed by atoms with Crippen LogP contribution in [-0.2, 0) is 12.8 Å². The molecule has 0 aliphatic carbocycles. The minimum Gasteiger partial charge on any atom is -0.134 e. The lowest BCUT2D eigenvalue weighted by molar-refractivity contribution is 0.927. The van der Waals surface area contributed by atoms with Crippen molar-refractivity contribution >= 4 is 55.0 Å². The first-order valence-electron chi connectivity index (χ1n) is 14.4. The fourth-order valence-corrected chi connectivity index (χ4v) is 8.37. The molecule has 0 fully saturated rings. The summed E-state index contributed by atoms with van der Waals surface area (Å²) in [6.07, 6.45) is 4.53. The van der Waals surface area contributed by atoms with Gasteiger partial charge < -0.3 is 0 Å². The molecule has 0 amide bonds. The van der Waals surface area contributed by atoms with E-state index in [9.17, 15) is 0 Å². The van der Waals surface area contributed by atoms with Crippen LogP contribution in [0, 0.1) is 0 Å². The third-order valence-electron chi connectivity index (χ3n) is 8.04. The SMILES string of the molecule is CCCc1c2ccccc2c(CCC)c2cc(-c3ccc(-c4ccc(-c5cccc6ccccc56)s4)s3)ccc12. The minimum atomic E-state index is 1.11. The molecule has 0 N–H and O–H groups in total. The van der Waals surface area contributed by atoms with Crippen LogP contribution in [0.3, 0.4) is 0 Å². The third kappa shape index (κ3) is 4.36. The van der Waals surface area contributed by atoms with Crippen LogP contribution in [0.1, 0.15) is 37.8 Å². The summed E-state index contributed by atoms with van der Waals surface area (Å²) in [5.41, 5.74) is 5.65. The van der Waals surface area contributed by atoms with E-state index >= 15 is 0 Å². The Hall–Kier alpha value is -3.72. The number of benzene rings is 5. The van der Waals surface area contributed by atoms with Crippen molar-refractivity contribution in [3.63, 3.8) is 0 Å². The predicted molar refractivity (Wildman–Crippen MR) is 179 cm³/mol. The molecule has 0 nitrogen and oxygen atoms in total. The van der Waals surface area contributed by atoms with Crippen molar-refractivity contribution < 1.29 is 0 Å². The average molecular weight is 553 g/mol. The second-order valence-corrected chi connectivity index (χ2v) is 12.8. The minimum absolute atomic E-state index is 1.11. The molecule has 0 bridgehead atoms. The molecule has 0 saturated carbocycles. The zero-order chi connectivity index (χ0) is 27.1. The Bertz CT molecular complexity index is 1980. The Kier molecular flexibility index (Phi) is 6.75. The van der Waals surface area contributed by atoms with Crippen molar-refractivity contribution in [1.82, 2.24) is 0 Å². The first kappa shape index (κ1) is 25.3. The topological polar surface area (TPSA) is 0 Å². The van der Waals surface area contributed by atoms with Gasteiger partial charge in [0.15, 0.2) is 0 Å². The van der Waals surface area contributed by atoms with E-state index in [1.54, 1.807) is 0 Å². The second kappa shape index (κ2) is 10.7. The quantitative estimate of drug-likeness (QED) is 0.173. The Morgan fingerprint density at radius 3 is 1.73 bits per heavy atom. The molecule has 196 valence electrons. The number of fused-ring (bicyclic) bond motifs is 3. The van der Waals surface area contributed by atoms with Crippen molar-refractivity contribution in [2.45, 2.75) is 39.5 Å². The molecule has 0 aliphatic heterocycles. The van der Waals surface area contributed by atoms with Gasteiger partial charge in [0.25, 0.3) is 0 Å². The van der Waals surface area contributed by atoms with Crippen LogP contribution in [0.2, 0.25) is 0 Å². The number of rotatable bonds is 7. The zero-order valence-corrected chi connectivity index (χ0v) is 24.7. The van der Waals surface area contributed by atoms with Gasteiger partial charge in [0, 0.05) is 19.5 Å². The van der Waals surface area contributed by atoms with Crippen molar-refractivity contribution in [2.75, 3.05) is 0 Å². The summed E-state index contributed by atoms with van der Waals surface area (Å²) < 4.78 is 0. The molecule has 5 aromatic carbocycles. The van der Waals surface area contributed by atoms with Gasteiger partial charge in [0.05, 0.1) is 0 Å². The molecular formula is C38H32S2. The summed E-state index contributed by atoms with van der Waals surface area (Å²) >= 11 is 3.80. The summed E-state index contributed by atoms with van der Waals surface area (Å²) in [5.74, 6) is 0. The van der Waals surface area contributed by atoms with Gasteiger partial charge >= 0.3 is 0 Å². The highest BCUT2D eigenvalue weighted by atomic mass is 32.1. The first-order chi connectivity index (χ1) is 19.7. The number of thiophene rings is 2. The molecule has 2 heteroatoms. The lowest BCUT2D eigenvalue weighted by atomic mass is 9.87. The van der Waals surface area contributed by atoms with Crippen molar-refractivity contribution in [3.05, 3.63) is 120 Å². The van der Waals surface area contributed by atoms with Crippen molar-refractivity contribution in [1.29, 1.82) is 0 Å². The molecule has 0 unspecified atom stereocenters. The largest absolute Gasteiger partial charge is 0.134 e. The van der Waals surface area contributed by atoms with Crippen molar-refractivity contribution in [2.24, 2.45) is 0 Å². The number of hydrogen-bond acceptors (Lipinski definition) is 2. The highest BCUT2D eigenvalue weighted by Crippen LogP contribution is 2.43. The lowest BCUT2D eigenvalue weighted by Crippen LogP contribution is -1.96. The van der Waals surface area contributed by atoms with Crippen LogP contribution in [0.4, 0.5) is 0 Å². The third-order valence-corrected chi connectivity index (χ3v) is 10.5. The normalized spacial score (nSPS) is 11.7. The van der Waals surface area contributed by atoms with E-state index in [0.717, 1.165) is 25.7 Å². The molecule has 0 saturated heterocycles. The van der Waals surface area contributed by atoms with Crippen LogP contribution in [0.25, 0.3) is 63.0 Å². The summed E-state index contributed by atoms with van der Waals surface area (Å²) in [5, 5.41) is 8.35. The van der Waals surface area contributed by atoms with Gasteiger partial charge in [0.1, 0.15) is 0 Å². The molecule has 0 radical (unpaired) electrons. The Morgan fingerprint density at radius 1 is 0.450 bits per heavy atom. The van der Waals surface area contributed by atoms with Crippen LogP contribution in [0.5, 0.6) is 0 Å². The van der Waals surface area contributed by atoms with Gasteiger partial charge in [-0.2, -0.15) is 0 Å². The summed E-state index contributed by atoms with van der Waals surface area (Å²) in [6.45, 7) is 4.59. The van der Waals surface area contributed by atoms with Crippen molar-refractivity contribution in [3.8, 4) is 30.6 Å². The van der Waals surface area contributed by atoms with E-state index in [-0.39, 0.29) is 0 Å². The van der Waals surface area contributed by atoms with Crippen LogP contribution >= 0.6 is 22.7 Å². The molecule has 40 heavy (non-hydrogen) atoms. The maximum absolute atomic E-state index is 2.47. The van der Waals surface area contributed by atoms with E-state index in [4.69, 9.17) is 0 Å². The van der Waals surface area contributed by atoms with Crippen LogP contribution in [0.15, 0.2) is 109 Å². The molecular weight excluding hydrogens is 521 g/mol. The monoisotopic (exact) mass is 552 g/mol.